The van der Waals surface area contributed by atoms with Crippen LogP contribution in [0.2, 0.25) is 5.02 Å². The quantitative estimate of drug-likeness (QED) is 0.739. The van der Waals surface area contributed by atoms with E-state index in [9.17, 15) is 14.0 Å². The van der Waals surface area contributed by atoms with Crippen LogP contribution in [0.5, 0.6) is 0 Å². The molecule has 88 valence electrons. The van der Waals surface area contributed by atoms with Gasteiger partial charge in [0.1, 0.15) is 0 Å². The number of halogens is 2. The summed E-state index contributed by atoms with van der Waals surface area (Å²) in [4.78, 5) is 27.1. The zero-order valence-corrected chi connectivity index (χ0v) is 9.15. The van der Waals surface area contributed by atoms with Gasteiger partial charge in [-0.1, -0.05) is 11.6 Å². The van der Waals surface area contributed by atoms with Gasteiger partial charge in [-0.05, 0) is 5.56 Å². The normalized spacial score (nSPS) is 14.2. The third-order valence-corrected chi connectivity index (χ3v) is 3.17. The second-order valence-electron chi connectivity index (χ2n) is 3.74. The molecule has 1 aliphatic rings. The molecule has 3 rings (SSSR count). The first-order valence-corrected chi connectivity index (χ1v) is 5.20. The van der Waals surface area contributed by atoms with Crippen LogP contribution in [0.25, 0.3) is 10.9 Å². The Morgan fingerprint density at radius 2 is 1.88 bits per heavy atom. The molecule has 0 spiro atoms. The molecule has 1 aliphatic heterocycles. The zero-order valence-electron chi connectivity index (χ0n) is 8.39. The van der Waals surface area contributed by atoms with Crippen molar-refractivity contribution >= 4 is 22.5 Å². The van der Waals surface area contributed by atoms with Gasteiger partial charge in [-0.2, -0.15) is 0 Å². The van der Waals surface area contributed by atoms with Crippen LogP contribution in [0.4, 0.5) is 4.39 Å². The monoisotopic (exact) mass is 256 g/mol. The summed E-state index contributed by atoms with van der Waals surface area (Å²) in [5, 5.41) is -0.00903. The van der Waals surface area contributed by atoms with E-state index >= 15 is 0 Å². The molecule has 2 N–H and O–H groups in total. The van der Waals surface area contributed by atoms with E-state index in [4.69, 9.17) is 16.3 Å². The van der Waals surface area contributed by atoms with Crippen molar-refractivity contribution in [1.29, 1.82) is 0 Å². The first-order valence-electron chi connectivity index (χ1n) is 4.82. The number of aromatic nitrogens is 2. The van der Waals surface area contributed by atoms with Crippen molar-refractivity contribution in [3.8, 4) is 0 Å². The van der Waals surface area contributed by atoms with Crippen molar-refractivity contribution in [3.05, 3.63) is 42.8 Å². The van der Waals surface area contributed by atoms with Gasteiger partial charge in [-0.25, -0.2) is 9.18 Å². The van der Waals surface area contributed by atoms with E-state index in [1.165, 1.54) is 0 Å². The van der Waals surface area contributed by atoms with Gasteiger partial charge < -0.3 is 9.72 Å². The lowest BCUT2D eigenvalue weighted by atomic mass is 10.0. The third kappa shape index (κ3) is 1.34. The maximum absolute atomic E-state index is 13.9. The topological polar surface area (TPSA) is 75.0 Å². The Morgan fingerprint density at radius 1 is 1.18 bits per heavy atom. The van der Waals surface area contributed by atoms with Crippen LogP contribution in [-0.2, 0) is 18.0 Å². The molecule has 7 heteroatoms. The van der Waals surface area contributed by atoms with Gasteiger partial charge in [0.2, 0.25) is 0 Å². The van der Waals surface area contributed by atoms with Crippen molar-refractivity contribution in [1.82, 2.24) is 9.97 Å². The van der Waals surface area contributed by atoms with Crippen LogP contribution in [0.1, 0.15) is 11.1 Å². The lowest BCUT2D eigenvalue weighted by Crippen LogP contribution is -2.23. The molecule has 1 aromatic carbocycles. The summed E-state index contributed by atoms with van der Waals surface area (Å²) in [5.41, 5.74) is -0.580. The highest BCUT2D eigenvalue weighted by Crippen LogP contribution is 2.34. The molecular weight excluding hydrogens is 251 g/mol. The first-order chi connectivity index (χ1) is 8.09. The van der Waals surface area contributed by atoms with Crippen LogP contribution in [-0.4, -0.2) is 9.97 Å². The predicted octanol–water partition coefficient (Wildman–Crippen LogP) is 1.04. The van der Waals surface area contributed by atoms with E-state index in [1.54, 1.807) is 0 Å². The number of aromatic amines is 2. The van der Waals surface area contributed by atoms with Crippen molar-refractivity contribution < 1.29 is 9.13 Å². The first kappa shape index (κ1) is 10.5. The smallest absolute Gasteiger partial charge is 0.326 e. The maximum Gasteiger partial charge on any atom is 0.326 e. The second-order valence-corrected chi connectivity index (χ2v) is 4.11. The highest BCUT2D eigenvalue weighted by atomic mass is 35.5. The van der Waals surface area contributed by atoms with Crippen LogP contribution < -0.4 is 11.2 Å². The van der Waals surface area contributed by atoms with Gasteiger partial charge in [0.05, 0.1) is 29.1 Å². The molecule has 0 bridgehead atoms. The predicted molar refractivity (Wildman–Crippen MR) is 58.7 cm³/mol. The van der Waals surface area contributed by atoms with Gasteiger partial charge in [0, 0.05) is 5.56 Å². The lowest BCUT2D eigenvalue weighted by molar-refractivity contribution is 0.135. The summed E-state index contributed by atoms with van der Waals surface area (Å²) in [7, 11) is 0. The fraction of sp³-hybridized carbons (Fsp3) is 0.200. The van der Waals surface area contributed by atoms with Crippen molar-refractivity contribution in [2.75, 3.05) is 0 Å². The maximum atomic E-state index is 13.9. The minimum Gasteiger partial charge on any atom is -0.372 e. The minimum absolute atomic E-state index is 0.0963. The van der Waals surface area contributed by atoms with Crippen LogP contribution >= 0.6 is 11.6 Å². The Labute approximate surface area is 98.2 Å². The molecule has 0 amide bonds. The Hall–Kier alpha value is -1.66. The summed E-state index contributed by atoms with van der Waals surface area (Å²) < 4.78 is 19.1. The fourth-order valence-electron chi connectivity index (χ4n) is 2.03. The van der Waals surface area contributed by atoms with E-state index in [0.29, 0.717) is 11.1 Å². The number of hydrogen-bond acceptors (Lipinski definition) is 3. The largest absolute Gasteiger partial charge is 0.372 e. The molecule has 2 heterocycles. The summed E-state index contributed by atoms with van der Waals surface area (Å²) >= 11 is 5.83. The number of fused-ring (bicyclic) bond motifs is 3. The van der Waals surface area contributed by atoms with E-state index in [1.807, 2.05) is 0 Å². The molecule has 1 aromatic heterocycles. The fourth-order valence-corrected chi connectivity index (χ4v) is 2.29. The Morgan fingerprint density at radius 3 is 2.65 bits per heavy atom. The molecule has 0 fully saturated rings. The van der Waals surface area contributed by atoms with Crippen molar-refractivity contribution in [3.63, 3.8) is 0 Å². The molecule has 0 saturated heterocycles. The number of ether oxygens (including phenoxy) is 1. The van der Waals surface area contributed by atoms with Gasteiger partial charge in [0.25, 0.3) is 5.56 Å². The SMILES string of the molecule is O=c1[nH]c(=O)c2c3c(c(Cl)c(F)c2[nH]1)COC3. The average Bonchev–Trinajstić information content (AvgIpc) is 2.73. The lowest BCUT2D eigenvalue weighted by Gasteiger charge is -2.06. The average molecular weight is 257 g/mol. The van der Waals surface area contributed by atoms with E-state index in [2.05, 4.69) is 9.97 Å². The standard InChI is InChI=1S/C10H6ClFN2O3/c11-6-4-2-17-1-3(4)5-8(7(6)12)13-10(16)14-9(5)15/h1-2H2,(H2,13,14,15,16). The number of H-pyrrole nitrogens is 2. The van der Waals surface area contributed by atoms with Gasteiger partial charge in [0.15, 0.2) is 5.82 Å². The molecule has 0 aliphatic carbocycles. The highest BCUT2D eigenvalue weighted by Gasteiger charge is 2.24. The van der Waals surface area contributed by atoms with Gasteiger partial charge in [-0.15, -0.1) is 0 Å². The Kier molecular flexibility index (Phi) is 2.11. The number of nitrogens with one attached hydrogen (secondary N) is 2. The summed E-state index contributed by atoms with van der Waals surface area (Å²) in [5.74, 6) is -0.797. The Bertz CT molecular complexity index is 750. The summed E-state index contributed by atoms with van der Waals surface area (Å²) in [6.45, 7) is 0.348. The number of benzene rings is 1. The van der Waals surface area contributed by atoms with Crippen molar-refractivity contribution in [2.45, 2.75) is 13.2 Å². The van der Waals surface area contributed by atoms with Crippen LogP contribution in [0.3, 0.4) is 0 Å². The highest BCUT2D eigenvalue weighted by molar-refractivity contribution is 6.32. The van der Waals surface area contributed by atoms with Gasteiger partial charge in [-0.3, -0.25) is 9.78 Å². The molecule has 0 unspecified atom stereocenters. The number of rotatable bonds is 0. The van der Waals surface area contributed by atoms with Gasteiger partial charge >= 0.3 is 5.69 Å². The Balaban J connectivity index is 2.64. The molecule has 17 heavy (non-hydrogen) atoms. The van der Waals surface area contributed by atoms with E-state index < -0.39 is 17.1 Å². The summed E-state index contributed by atoms with van der Waals surface area (Å²) in [6.07, 6.45) is 0. The molecule has 0 radical (unpaired) electrons. The zero-order chi connectivity index (χ0) is 12.2. The molecule has 2 aromatic rings. The third-order valence-electron chi connectivity index (χ3n) is 2.78. The molecule has 5 nitrogen and oxygen atoms in total. The molecular formula is C10H6ClFN2O3. The van der Waals surface area contributed by atoms with Crippen LogP contribution in [0.15, 0.2) is 9.59 Å². The minimum atomic E-state index is -0.797. The summed E-state index contributed by atoms with van der Waals surface area (Å²) in [6, 6.07) is 0. The van der Waals surface area contributed by atoms with E-state index in [0.717, 1.165) is 0 Å². The second kappa shape index (κ2) is 3.41. The molecule has 0 saturated carbocycles. The van der Waals surface area contributed by atoms with Crippen LogP contribution in [0, 0.1) is 5.82 Å². The van der Waals surface area contributed by atoms with Crippen molar-refractivity contribution in [2.24, 2.45) is 0 Å². The molecule has 0 atom stereocenters. The number of hydrogen-bond donors (Lipinski definition) is 2. The van der Waals surface area contributed by atoms with E-state index in [-0.39, 0.29) is 29.1 Å².